The van der Waals surface area contributed by atoms with E-state index in [4.69, 9.17) is 26.9 Å². The molecule has 0 aliphatic rings. The molecule has 15 heteroatoms. The second-order valence-electron chi connectivity index (χ2n) is 13.8. The molecule has 0 aliphatic heterocycles. The average molecular weight is 674 g/mol. The van der Waals surface area contributed by atoms with Crippen LogP contribution in [0.2, 0.25) is 64.5 Å². The highest BCUT2D eigenvalue weighted by Crippen LogP contribution is 2.34. The Morgan fingerprint density at radius 1 is 0.829 bits per heavy atom. The molecule has 0 radical (unpaired) electrons. The van der Waals surface area contributed by atoms with E-state index in [9.17, 15) is 14.3 Å². The minimum Gasteiger partial charge on any atom is -0.798 e. The first kappa shape index (κ1) is 41.0. The lowest BCUT2D eigenvalue weighted by molar-refractivity contribution is -0.890. The Bertz CT molecular complexity index is 870. The zero-order chi connectivity index (χ0) is 32.2. The normalized spacial score (nSPS) is 15.0. The number of esters is 1. The molecule has 0 aromatic rings. The van der Waals surface area contributed by atoms with E-state index in [1.807, 2.05) is 0 Å². The summed E-state index contributed by atoms with van der Waals surface area (Å²) >= 11 is 0. The van der Waals surface area contributed by atoms with E-state index in [1.165, 1.54) is 0 Å². The van der Waals surface area contributed by atoms with Crippen LogP contribution in [0.1, 0.15) is 26.2 Å². The Kier molecular flexibility index (Phi) is 17.5. The van der Waals surface area contributed by atoms with Gasteiger partial charge in [-0.3, -0.25) is 0 Å². The van der Waals surface area contributed by atoms with Gasteiger partial charge in [0.2, 0.25) is 0 Å². The fraction of sp³-hybridized carbons (Fsp3) is 0.885. The first-order valence-corrected chi connectivity index (χ1v) is 28.5. The smallest absolute Gasteiger partial charge is 0.333 e. The van der Waals surface area contributed by atoms with Crippen molar-refractivity contribution in [3.8, 4) is 0 Å². The lowest BCUT2D eigenvalue weighted by Crippen LogP contribution is -2.56. The molecule has 0 bridgehead atoms. The van der Waals surface area contributed by atoms with Gasteiger partial charge in [-0.2, -0.15) is 0 Å². The van der Waals surface area contributed by atoms with Gasteiger partial charge in [0.05, 0.1) is 40.1 Å². The van der Waals surface area contributed by atoms with Gasteiger partial charge in [0.15, 0.2) is 16.6 Å². The quantitative estimate of drug-likeness (QED) is 0.0406. The van der Waals surface area contributed by atoms with Crippen molar-refractivity contribution in [2.24, 2.45) is 0 Å². The zero-order valence-electron chi connectivity index (χ0n) is 27.8. The number of nitrogens with zero attached hydrogens (tertiary/aromatic N) is 1. The van der Waals surface area contributed by atoms with E-state index in [1.54, 1.807) is 6.92 Å². The molecule has 1 atom stereocenters. The molecule has 0 aliphatic carbocycles. The summed E-state index contributed by atoms with van der Waals surface area (Å²) in [7, 11) is -8.22. The van der Waals surface area contributed by atoms with Crippen LogP contribution in [0.25, 0.3) is 0 Å². The van der Waals surface area contributed by atoms with Gasteiger partial charge in [-0.05, 0) is 90.4 Å². The van der Waals surface area contributed by atoms with E-state index in [2.05, 4.69) is 73.1 Å². The summed E-state index contributed by atoms with van der Waals surface area (Å²) in [4.78, 5) is 23.0. The highest BCUT2D eigenvalue weighted by Gasteiger charge is 2.43. The Balaban J connectivity index is 4.60. The summed E-state index contributed by atoms with van der Waals surface area (Å²) < 4.78 is 43.1. The Labute approximate surface area is 254 Å². The van der Waals surface area contributed by atoms with Gasteiger partial charge in [-0.1, -0.05) is 6.58 Å². The highest BCUT2D eigenvalue weighted by atomic mass is 31.2. The molecule has 0 amide bonds. The van der Waals surface area contributed by atoms with Crippen molar-refractivity contribution in [1.29, 1.82) is 0 Å². The molecule has 1 N–H and O–H groups in total. The van der Waals surface area contributed by atoms with Gasteiger partial charge >= 0.3 is 23.1 Å². The van der Waals surface area contributed by atoms with Gasteiger partial charge in [-0.15, -0.1) is 0 Å². The fourth-order valence-corrected chi connectivity index (χ4v) is 25.0. The molecule has 0 saturated heterocycles. The average Bonchev–Trinajstić information content (AvgIpc) is 2.74. The maximum Gasteiger partial charge on any atom is 0.333 e. The number of hydrogen-bond acceptors (Lipinski definition) is 9. The maximum atomic E-state index is 11.6. The minimum atomic E-state index is -3.64. The van der Waals surface area contributed by atoms with Gasteiger partial charge in [-0.25, -0.2) is 4.79 Å². The molecule has 0 spiro atoms. The Morgan fingerprint density at radius 2 is 1.32 bits per heavy atom. The van der Waals surface area contributed by atoms with Crippen molar-refractivity contribution in [1.82, 2.24) is 0 Å². The third-order valence-corrected chi connectivity index (χ3v) is 23.3. The van der Waals surface area contributed by atoms with Crippen LogP contribution >= 0.6 is 7.37 Å². The van der Waals surface area contributed by atoms with Crippen LogP contribution in [0.4, 0.5) is 0 Å². The third kappa shape index (κ3) is 21.4. The topological polar surface area (TPSA) is 124 Å². The molecule has 0 rings (SSSR count). The van der Waals surface area contributed by atoms with Crippen molar-refractivity contribution in [3.63, 3.8) is 0 Å². The number of aliphatic hydroxyl groups is 1. The molecular formula is C26H60NO9PSi4. The van der Waals surface area contributed by atoms with Crippen molar-refractivity contribution >= 4 is 47.1 Å². The van der Waals surface area contributed by atoms with Crippen LogP contribution in [0.5, 0.6) is 0 Å². The largest absolute Gasteiger partial charge is 0.798 e. The number of quaternary nitrogens is 1. The van der Waals surface area contributed by atoms with Crippen molar-refractivity contribution < 1.29 is 45.7 Å². The van der Waals surface area contributed by atoms with Crippen LogP contribution in [0.3, 0.4) is 0 Å². The van der Waals surface area contributed by atoms with Gasteiger partial charge in [0, 0.05) is 26.0 Å². The molecule has 0 aromatic heterocycles. The van der Waals surface area contributed by atoms with E-state index < -0.39 is 53.4 Å². The second-order valence-corrected chi connectivity index (χ2v) is 32.2. The monoisotopic (exact) mass is 673 g/mol. The summed E-state index contributed by atoms with van der Waals surface area (Å²) in [5, 5.41) is 8.95. The number of rotatable bonds is 23. The summed E-state index contributed by atoms with van der Waals surface area (Å²) in [6.07, 6.45) is 1.73. The molecule has 0 aromatic carbocycles. The van der Waals surface area contributed by atoms with Crippen LogP contribution in [0, 0.1) is 0 Å². The molecule has 0 saturated carbocycles. The van der Waals surface area contributed by atoms with Gasteiger partial charge in [0.1, 0.15) is 6.61 Å². The lowest BCUT2D eigenvalue weighted by Gasteiger charge is -2.41. The van der Waals surface area contributed by atoms with Crippen LogP contribution < -0.4 is 4.89 Å². The first-order valence-electron chi connectivity index (χ1n) is 14.7. The van der Waals surface area contributed by atoms with E-state index in [0.29, 0.717) is 25.2 Å². The number of hydrogen-bond donors (Lipinski definition) is 1. The highest BCUT2D eigenvalue weighted by molar-refractivity contribution is 7.56. The fourth-order valence-electron chi connectivity index (χ4n) is 4.94. The van der Waals surface area contributed by atoms with Crippen LogP contribution in [-0.2, 0) is 31.2 Å². The molecule has 1 unspecified atom stereocenters. The summed E-state index contributed by atoms with van der Waals surface area (Å²) in [6, 6.07) is 1.95. The number of carbonyl (C=O) groups is 1. The van der Waals surface area contributed by atoms with Crippen molar-refractivity contribution in [3.05, 3.63) is 12.2 Å². The number of carbonyl (C=O) groups excluding carboxylic acids is 1. The maximum absolute atomic E-state index is 11.6. The standard InChI is InChI=1S/C26H60NO9PSi4/c1-25(2)26(29)33-20-19-32-18-15-23-39(7,8)35-41(11,12)36-40(9,10)34-38(5,6)22-14-17-27(3,4)16-13-21-37(30,31)24-28/h28H,1,13-24H2,2-12H3. The number of ether oxygens (including phenoxy) is 2. The minimum absolute atomic E-state index is 0.0512. The third-order valence-electron chi connectivity index (χ3n) is 6.43. The second kappa shape index (κ2) is 17.5. The summed E-state index contributed by atoms with van der Waals surface area (Å²) in [5.41, 5.74) is 0.384. The summed E-state index contributed by atoms with van der Waals surface area (Å²) in [6.45, 7) is 25.4. The van der Waals surface area contributed by atoms with E-state index in [0.717, 1.165) is 42.5 Å². The van der Waals surface area contributed by atoms with Crippen molar-refractivity contribution in [2.45, 2.75) is 90.7 Å². The summed E-state index contributed by atoms with van der Waals surface area (Å²) in [5.74, 6) is -0.393. The SMILES string of the molecule is C=C(C)C(=O)OCCOCCC[Si](C)(C)O[Si](C)(C)O[Si](C)(C)O[Si](C)(C)CCC[N+](C)(C)CCCP(=O)([O-])CO. The van der Waals surface area contributed by atoms with E-state index >= 15 is 0 Å². The molecule has 0 fully saturated rings. The molecular weight excluding hydrogens is 614 g/mol. The molecule has 244 valence electrons. The van der Waals surface area contributed by atoms with Gasteiger partial charge < -0.3 is 40.9 Å². The van der Waals surface area contributed by atoms with Gasteiger partial charge in [0.25, 0.3) is 0 Å². The zero-order valence-corrected chi connectivity index (χ0v) is 32.7. The number of aliphatic hydroxyl groups excluding tert-OH is 1. The van der Waals surface area contributed by atoms with Crippen molar-refractivity contribution in [2.75, 3.05) is 59.5 Å². The molecule has 10 nitrogen and oxygen atoms in total. The molecule has 0 heterocycles. The Hall–Kier alpha value is 0.0275. The molecule has 41 heavy (non-hydrogen) atoms. The Morgan fingerprint density at radius 3 is 1.80 bits per heavy atom. The predicted octanol–water partition coefficient (Wildman–Crippen LogP) is 4.82. The predicted molar refractivity (Wildman–Crippen MR) is 175 cm³/mol. The first-order chi connectivity index (χ1) is 18.4. The van der Waals surface area contributed by atoms with E-state index in [-0.39, 0.29) is 12.8 Å². The van der Waals surface area contributed by atoms with Crippen LogP contribution in [-0.4, -0.2) is 109 Å². The lowest BCUT2D eigenvalue weighted by atomic mass is 10.3. The van der Waals surface area contributed by atoms with Crippen LogP contribution in [0.15, 0.2) is 12.2 Å².